The third-order valence-corrected chi connectivity index (χ3v) is 6.00. The van der Waals surface area contributed by atoms with Crippen LogP contribution >= 0.6 is 0 Å². The average Bonchev–Trinajstić information content (AvgIpc) is 3.18. The number of carbonyl (C=O) groups excluding carboxylic acids is 2. The van der Waals surface area contributed by atoms with Gasteiger partial charge in [-0.2, -0.15) is 17.9 Å². The third-order valence-electron chi connectivity index (χ3n) is 6.00. The SMILES string of the molecule is O=C1NCCc2c1cc(-c1cccc3ccc(NC4CCCNC4)nc13)n2OC(=O)C(F)(F)F. The number of aromatic nitrogens is 2. The van der Waals surface area contributed by atoms with Gasteiger partial charge in [0.1, 0.15) is 5.82 Å². The van der Waals surface area contributed by atoms with E-state index < -0.39 is 18.1 Å². The van der Waals surface area contributed by atoms with Crippen molar-refractivity contribution in [1.82, 2.24) is 20.3 Å². The van der Waals surface area contributed by atoms with Gasteiger partial charge in [-0.05, 0) is 37.6 Å². The molecule has 0 bridgehead atoms. The lowest BCUT2D eigenvalue weighted by Gasteiger charge is -2.24. The highest BCUT2D eigenvalue weighted by Gasteiger charge is 2.43. The highest BCUT2D eigenvalue weighted by molar-refractivity contribution is 6.00. The molecule has 1 fully saturated rings. The quantitative estimate of drug-likeness (QED) is 0.539. The third kappa shape index (κ3) is 4.18. The normalized spacial score (nSPS) is 18.3. The van der Waals surface area contributed by atoms with Gasteiger partial charge in [-0.1, -0.05) is 18.2 Å². The molecule has 0 aliphatic carbocycles. The van der Waals surface area contributed by atoms with E-state index in [-0.39, 0.29) is 36.0 Å². The molecular weight excluding hydrogens is 451 g/mol. The van der Waals surface area contributed by atoms with Gasteiger partial charge in [-0.25, -0.2) is 9.78 Å². The van der Waals surface area contributed by atoms with Gasteiger partial charge in [0.2, 0.25) is 0 Å². The molecule has 1 saturated heterocycles. The van der Waals surface area contributed by atoms with E-state index in [1.165, 1.54) is 6.07 Å². The molecule has 3 N–H and O–H groups in total. The topological polar surface area (TPSA) is 97.3 Å². The highest BCUT2D eigenvalue weighted by atomic mass is 19.4. The second-order valence-corrected chi connectivity index (χ2v) is 8.33. The number of halogens is 3. The second kappa shape index (κ2) is 8.64. The Hall–Kier alpha value is -3.60. The highest BCUT2D eigenvalue weighted by Crippen LogP contribution is 2.33. The van der Waals surface area contributed by atoms with Crippen LogP contribution in [0.5, 0.6) is 0 Å². The summed E-state index contributed by atoms with van der Waals surface area (Å²) in [6, 6.07) is 10.6. The van der Waals surface area contributed by atoms with Crippen LogP contribution in [-0.2, 0) is 11.2 Å². The van der Waals surface area contributed by atoms with Crippen LogP contribution in [0, 0.1) is 0 Å². The lowest BCUT2D eigenvalue weighted by atomic mass is 10.1. The Morgan fingerprint density at radius 3 is 2.79 bits per heavy atom. The summed E-state index contributed by atoms with van der Waals surface area (Å²) in [4.78, 5) is 33.6. The van der Waals surface area contributed by atoms with E-state index in [1.54, 1.807) is 12.1 Å². The summed E-state index contributed by atoms with van der Waals surface area (Å²) in [5.74, 6) is -2.18. The first kappa shape index (κ1) is 22.2. The molecule has 1 aromatic carbocycles. The molecule has 4 heterocycles. The summed E-state index contributed by atoms with van der Waals surface area (Å²) in [5, 5.41) is 10.1. The van der Waals surface area contributed by atoms with Crippen LogP contribution in [0.3, 0.4) is 0 Å². The molecule has 0 radical (unpaired) electrons. The largest absolute Gasteiger partial charge is 0.493 e. The lowest BCUT2D eigenvalue weighted by molar-refractivity contribution is -0.199. The zero-order valence-corrected chi connectivity index (χ0v) is 18.0. The van der Waals surface area contributed by atoms with Crippen LogP contribution in [0.2, 0.25) is 0 Å². The fraction of sp³-hybridized carbons (Fsp3) is 0.348. The lowest BCUT2D eigenvalue weighted by Crippen LogP contribution is -2.38. The summed E-state index contributed by atoms with van der Waals surface area (Å²) < 4.78 is 39.9. The van der Waals surface area contributed by atoms with Crippen LogP contribution in [0.15, 0.2) is 36.4 Å². The Bertz CT molecular complexity index is 1260. The summed E-state index contributed by atoms with van der Waals surface area (Å²) >= 11 is 0. The summed E-state index contributed by atoms with van der Waals surface area (Å²) in [6.45, 7) is 1.99. The minimum atomic E-state index is -5.19. The van der Waals surface area contributed by atoms with Gasteiger partial charge in [0, 0.05) is 36.5 Å². The Morgan fingerprint density at radius 1 is 1.18 bits per heavy atom. The number of amides is 1. The van der Waals surface area contributed by atoms with E-state index in [9.17, 15) is 22.8 Å². The molecule has 5 rings (SSSR count). The van der Waals surface area contributed by atoms with Crippen LogP contribution in [0.25, 0.3) is 22.2 Å². The molecule has 2 aromatic heterocycles. The molecule has 8 nitrogen and oxygen atoms in total. The number of para-hydroxylation sites is 1. The van der Waals surface area contributed by atoms with Gasteiger partial charge in [0.05, 0.1) is 22.5 Å². The van der Waals surface area contributed by atoms with Crippen LogP contribution in [0.4, 0.5) is 19.0 Å². The fourth-order valence-electron chi connectivity index (χ4n) is 4.40. The van der Waals surface area contributed by atoms with Crippen LogP contribution < -0.4 is 20.8 Å². The molecular formula is C23H22F3N5O3. The van der Waals surface area contributed by atoms with E-state index >= 15 is 0 Å². The standard InChI is InChI=1S/C23H22F3N5O3/c24-23(25,26)22(33)34-31-17-8-10-28-21(32)16(17)11-18(31)15-5-1-3-13-6-7-19(30-20(13)15)29-14-4-2-9-27-12-14/h1,3,5-7,11,14,27H,2,4,8-10,12H2,(H,28,32)(H,29,30). The first-order valence-corrected chi connectivity index (χ1v) is 11.0. The zero-order valence-electron chi connectivity index (χ0n) is 18.0. The number of rotatable bonds is 4. The second-order valence-electron chi connectivity index (χ2n) is 8.33. The molecule has 1 amide bonds. The first-order chi connectivity index (χ1) is 16.3. The number of hydrogen-bond donors (Lipinski definition) is 3. The Morgan fingerprint density at radius 2 is 2.03 bits per heavy atom. The van der Waals surface area contributed by atoms with Gasteiger partial charge < -0.3 is 20.8 Å². The molecule has 3 aromatic rings. The maximum Gasteiger partial charge on any atom is 0.493 e. The Labute approximate surface area is 192 Å². The number of fused-ring (bicyclic) bond motifs is 2. The molecule has 2 aliphatic heterocycles. The minimum absolute atomic E-state index is 0.147. The maximum atomic E-state index is 13.0. The van der Waals surface area contributed by atoms with E-state index in [4.69, 9.17) is 9.82 Å². The molecule has 178 valence electrons. The van der Waals surface area contributed by atoms with Crippen molar-refractivity contribution in [2.75, 3.05) is 25.0 Å². The maximum absolute atomic E-state index is 13.0. The first-order valence-electron chi connectivity index (χ1n) is 11.0. The molecule has 11 heteroatoms. The molecule has 1 atom stereocenters. The number of alkyl halides is 3. The predicted octanol–water partition coefficient (Wildman–Crippen LogP) is 2.67. The molecule has 0 saturated carbocycles. The van der Waals surface area contributed by atoms with E-state index in [1.807, 2.05) is 18.2 Å². The minimum Gasteiger partial charge on any atom is -0.366 e. The molecule has 0 spiro atoms. The zero-order chi connectivity index (χ0) is 23.9. The van der Waals surface area contributed by atoms with Gasteiger partial charge in [0.25, 0.3) is 5.91 Å². The summed E-state index contributed by atoms with van der Waals surface area (Å²) in [5.41, 5.74) is 1.47. The number of carbonyl (C=O) groups is 2. The van der Waals surface area contributed by atoms with Crippen molar-refractivity contribution in [3.05, 3.63) is 47.7 Å². The summed E-state index contributed by atoms with van der Waals surface area (Å²) in [7, 11) is 0. The van der Waals surface area contributed by atoms with Crippen LogP contribution in [-0.4, -0.2) is 53.4 Å². The monoisotopic (exact) mass is 473 g/mol. The number of nitrogens with zero attached hydrogens (tertiary/aromatic N) is 2. The number of benzene rings is 1. The van der Waals surface area contributed by atoms with Crippen molar-refractivity contribution >= 4 is 28.6 Å². The molecule has 1 unspecified atom stereocenters. The van der Waals surface area contributed by atoms with E-state index in [2.05, 4.69) is 16.0 Å². The van der Waals surface area contributed by atoms with Gasteiger partial charge in [0.15, 0.2) is 0 Å². The van der Waals surface area contributed by atoms with Gasteiger partial charge in [-0.3, -0.25) is 4.79 Å². The van der Waals surface area contributed by atoms with Crippen molar-refractivity contribution in [3.8, 4) is 11.3 Å². The smallest absolute Gasteiger partial charge is 0.366 e. The van der Waals surface area contributed by atoms with Crippen molar-refractivity contribution in [3.63, 3.8) is 0 Å². The Kier molecular flexibility index (Phi) is 5.64. The number of pyridine rings is 1. The van der Waals surface area contributed by atoms with Crippen molar-refractivity contribution in [2.45, 2.75) is 31.5 Å². The van der Waals surface area contributed by atoms with Gasteiger partial charge in [-0.15, -0.1) is 0 Å². The predicted molar refractivity (Wildman–Crippen MR) is 118 cm³/mol. The molecule has 34 heavy (non-hydrogen) atoms. The fourth-order valence-corrected chi connectivity index (χ4v) is 4.40. The number of piperidine rings is 1. The van der Waals surface area contributed by atoms with Crippen molar-refractivity contribution < 1.29 is 27.6 Å². The van der Waals surface area contributed by atoms with Gasteiger partial charge >= 0.3 is 12.1 Å². The van der Waals surface area contributed by atoms with Crippen molar-refractivity contribution in [2.24, 2.45) is 0 Å². The van der Waals surface area contributed by atoms with Crippen molar-refractivity contribution in [1.29, 1.82) is 0 Å². The van der Waals surface area contributed by atoms with E-state index in [0.29, 0.717) is 16.9 Å². The number of hydrogen-bond acceptors (Lipinski definition) is 6. The number of nitrogens with one attached hydrogen (secondary N) is 3. The average molecular weight is 473 g/mol. The molecule has 2 aliphatic rings. The number of anilines is 1. The van der Waals surface area contributed by atoms with Crippen LogP contribution in [0.1, 0.15) is 28.9 Å². The Balaban J connectivity index is 1.61. The summed E-state index contributed by atoms with van der Waals surface area (Å²) in [6.07, 6.45) is -2.94. The van der Waals surface area contributed by atoms with E-state index in [0.717, 1.165) is 36.0 Å².